The molecule has 0 amide bonds. The van der Waals surface area contributed by atoms with Crippen molar-refractivity contribution in [1.29, 1.82) is 0 Å². The molecule has 11 rings (SSSR count). The molecule has 0 saturated heterocycles. The van der Waals surface area contributed by atoms with E-state index >= 15 is 0 Å². The van der Waals surface area contributed by atoms with Crippen LogP contribution < -0.4 is 0 Å². The van der Waals surface area contributed by atoms with Crippen molar-refractivity contribution in [3.63, 3.8) is 0 Å². The second-order valence-corrected chi connectivity index (χ2v) is 14.4. The van der Waals surface area contributed by atoms with Gasteiger partial charge in [0.25, 0.3) is 0 Å². The van der Waals surface area contributed by atoms with Crippen LogP contribution in [0, 0.1) is 0 Å². The molecule has 10 heteroatoms. The van der Waals surface area contributed by atoms with Gasteiger partial charge in [-0.05, 0) is 95.3 Å². The van der Waals surface area contributed by atoms with Crippen LogP contribution in [0.15, 0.2) is 146 Å². The lowest BCUT2D eigenvalue weighted by Gasteiger charge is -2.20. The summed E-state index contributed by atoms with van der Waals surface area (Å²) in [6.07, 6.45) is -7.22. The van der Waals surface area contributed by atoms with Gasteiger partial charge in [-0.15, -0.1) is 0 Å². The average molecular weight is 771 g/mol. The molecule has 0 bridgehead atoms. The van der Waals surface area contributed by atoms with Crippen LogP contribution in [-0.2, 0) is 12.4 Å². The van der Waals surface area contributed by atoms with Crippen molar-refractivity contribution in [2.24, 2.45) is 0 Å². The zero-order valence-electron chi connectivity index (χ0n) is 29.9. The molecule has 0 aliphatic rings. The van der Waals surface area contributed by atoms with E-state index in [2.05, 4.69) is 32.1 Å². The van der Waals surface area contributed by atoms with Gasteiger partial charge in [-0.3, -0.25) is 0 Å². The van der Waals surface area contributed by atoms with E-state index in [0.717, 1.165) is 45.3 Å². The maximum absolute atomic E-state index is 15.0. The topological polar surface area (TPSA) is 51.6 Å². The fourth-order valence-corrected chi connectivity index (χ4v) is 8.84. The van der Waals surface area contributed by atoms with Gasteiger partial charge >= 0.3 is 12.4 Å². The van der Waals surface area contributed by atoms with Crippen LogP contribution in [-0.4, -0.2) is 19.9 Å². The summed E-state index contributed by atoms with van der Waals surface area (Å²) in [5, 5.41) is 5.98. The maximum atomic E-state index is 15.0. The molecule has 9 aromatic carbocycles. The Bertz CT molecular complexity index is 3280. The first kappa shape index (κ1) is 34.1. The van der Waals surface area contributed by atoms with Gasteiger partial charge in [-0.25, -0.2) is 19.9 Å². The zero-order chi connectivity index (χ0) is 39.5. The number of aromatic nitrogens is 4. The predicted molar refractivity (Wildman–Crippen MR) is 218 cm³/mol. The number of benzene rings is 9. The summed E-state index contributed by atoms with van der Waals surface area (Å²) in [5.74, 6) is 0. The van der Waals surface area contributed by atoms with Crippen molar-refractivity contribution in [2.75, 3.05) is 0 Å². The van der Waals surface area contributed by atoms with Crippen molar-refractivity contribution in [3.8, 4) is 33.6 Å². The van der Waals surface area contributed by atoms with E-state index < -0.39 is 23.5 Å². The summed E-state index contributed by atoms with van der Waals surface area (Å²) in [6.45, 7) is 0. The third-order valence-electron chi connectivity index (χ3n) is 11.2. The molecule has 58 heavy (non-hydrogen) atoms. The van der Waals surface area contributed by atoms with Crippen LogP contribution in [0.25, 0.3) is 109 Å². The third kappa shape index (κ3) is 5.04. The Labute approximate surface area is 324 Å². The summed E-state index contributed by atoms with van der Waals surface area (Å²) in [7, 11) is 0. The molecular weight excluding hydrogens is 747 g/mol. The SMILES string of the molecule is FC(F)(F)c1c2ccccc2cc2c(-c3cc(-c4ncnc5c(C(F)(F)F)c6ccccc6cc45)c4ccc5cc(-c6ccccc6)cc6ccc3c4c65)ncnc12. The predicted octanol–water partition coefficient (Wildman–Crippen LogP) is 13.8. The van der Waals surface area contributed by atoms with Crippen molar-refractivity contribution in [3.05, 3.63) is 157 Å². The minimum Gasteiger partial charge on any atom is -0.236 e. The highest BCUT2D eigenvalue weighted by molar-refractivity contribution is 6.30. The summed E-state index contributed by atoms with van der Waals surface area (Å²) in [4.78, 5) is 17.8. The quantitative estimate of drug-likeness (QED) is 0.102. The molecule has 4 nitrogen and oxygen atoms in total. The van der Waals surface area contributed by atoms with Crippen LogP contribution in [0.2, 0.25) is 0 Å². The number of rotatable bonds is 3. The molecule has 0 saturated carbocycles. The Hall–Kier alpha value is -7.20. The lowest BCUT2D eigenvalue weighted by atomic mass is 9.85. The van der Waals surface area contributed by atoms with Gasteiger partial charge in [0.05, 0.1) is 33.5 Å². The molecule has 0 aliphatic heterocycles. The van der Waals surface area contributed by atoms with E-state index in [9.17, 15) is 26.3 Å². The summed E-state index contributed by atoms with van der Waals surface area (Å²) >= 11 is 0. The van der Waals surface area contributed by atoms with Crippen molar-refractivity contribution < 1.29 is 26.3 Å². The van der Waals surface area contributed by atoms with Crippen molar-refractivity contribution >= 4 is 75.7 Å². The van der Waals surface area contributed by atoms with Gasteiger partial charge in [0, 0.05) is 21.9 Å². The fraction of sp³-hybridized carbons (Fsp3) is 0.0417. The van der Waals surface area contributed by atoms with Gasteiger partial charge in [0.1, 0.15) is 12.7 Å². The molecule has 0 N–H and O–H groups in total. The van der Waals surface area contributed by atoms with E-state index in [1.807, 2.05) is 54.6 Å². The van der Waals surface area contributed by atoms with E-state index in [-0.39, 0.29) is 44.0 Å². The summed E-state index contributed by atoms with van der Waals surface area (Å²) in [5.41, 5.74) is 1.19. The first-order valence-electron chi connectivity index (χ1n) is 18.3. The second-order valence-electron chi connectivity index (χ2n) is 14.4. The molecule has 0 spiro atoms. The van der Waals surface area contributed by atoms with E-state index in [1.54, 1.807) is 54.6 Å². The van der Waals surface area contributed by atoms with Crippen molar-refractivity contribution in [2.45, 2.75) is 12.4 Å². The monoisotopic (exact) mass is 770 g/mol. The van der Waals surface area contributed by atoms with Crippen LogP contribution in [0.4, 0.5) is 26.3 Å². The first-order chi connectivity index (χ1) is 28.0. The molecule has 0 fully saturated rings. The van der Waals surface area contributed by atoms with E-state index in [0.29, 0.717) is 32.7 Å². The highest BCUT2D eigenvalue weighted by Gasteiger charge is 2.38. The number of nitrogens with zero attached hydrogens (tertiary/aromatic N) is 4. The van der Waals surface area contributed by atoms with Gasteiger partial charge in [-0.1, -0.05) is 103 Å². The standard InChI is InChI=1S/C48H24F6N4/c49-47(50,51)41-31-12-6-4-10-26(31)20-37-43(55-23-57-45(37)41)35-22-36(44-38-21-27-11-5-7-13-32(27)42(48(52,53)54)46(38)58-24-56-44)34-17-15-29-19-30(25-8-2-1-3-9-25)18-28-14-16-33(35)40(34)39(28)29/h1-24H. The number of alkyl halides is 6. The van der Waals surface area contributed by atoms with Crippen LogP contribution in [0.5, 0.6) is 0 Å². The molecule has 2 aromatic heterocycles. The molecule has 278 valence electrons. The number of hydrogen-bond donors (Lipinski definition) is 0. The first-order valence-corrected chi connectivity index (χ1v) is 18.3. The molecule has 0 atom stereocenters. The minimum atomic E-state index is -4.74. The Morgan fingerprint density at radius 2 is 0.810 bits per heavy atom. The van der Waals surface area contributed by atoms with Gasteiger partial charge in [-0.2, -0.15) is 26.3 Å². The molecular formula is C48H24F6N4. The lowest BCUT2D eigenvalue weighted by Crippen LogP contribution is -2.09. The van der Waals surface area contributed by atoms with Gasteiger partial charge in [0.2, 0.25) is 0 Å². The summed E-state index contributed by atoms with van der Waals surface area (Å²) < 4.78 is 89.8. The Morgan fingerprint density at radius 3 is 1.29 bits per heavy atom. The molecule has 0 aliphatic carbocycles. The Kier molecular flexibility index (Phi) is 7.14. The minimum absolute atomic E-state index is 0.0117. The molecule has 2 heterocycles. The number of halogens is 6. The van der Waals surface area contributed by atoms with E-state index in [1.165, 1.54) is 12.1 Å². The van der Waals surface area contributed by atoms with Crippen LogP contribution >= 0.6 is 0 Å². The van der Waals surface area contributed by atoms with Crippen molar-refractivity contribution in [1.82, 2.24) is 19.9 Å². The van der Waals surface area contributed by atoms with Gasteiger partial charge < -0.3 is 0 Å². The second kappa shape index (κ2) is 12.1. The lowest BCUT2D eigenvalue weighted by molar-refractivity contribution is -0.136. The highest BCUT2D eigenvalue weighted by Crippen LogP contribution is 2.49. The van der Waals surface area contributed by atoms with E-state index in [4.69, 9.17) is 0 Å². The van der Waals surface area contributed by atoms with Gasteiger partial charge in [0.15, 0.2) is 0 Å². The normalized spacial score (nSPS) is 12.7. The smallest absolute Gasteiger partial charge is 0.236 e. The third-order valence-corrected chi connectivity index (χ3v) is 11.2. The maximum Gasteiger partial charge on any atom is 0.419 e. The molecule has 11 aromatic rings. The molecule has 0 unspecified atom stereocenters. The zero-order valence-corrected chi connectivity index (χ0v) is 29.9. The summed E-state index contributed by atoms with van der Waals surface area (Å²) in [6, 6.07) is 39.7. The van der Waals surface area contributed by atoms with Crippen LogP contribution in [0.3, 0.4) is 0 Å². The Balaban J connectivity index is 1.31. The molecule has 0 radical (unpaired) electrons. The highest BCUT2D eigenvalue weighted by atomic mass is 19.4. The fourth-order valence-electron chi connectivity index (χ4n) is 8.84. The average Bonchev–Trinajstić information content (AvgIpc) is 3.22. The number of hydrogen-bond acceptors (Lipinski definition) is 4. The Morgan fingerprint density at radius 1 is 0.345 bits per heavy atom. The van der Waals surface area contributed by atoms with Crippen LogP contribution in [0.1, 0.15) is 11.1 Å². The number of fused-ring (bicyclic) bond motifs is 4. The largest absolute Gasteiger partial charge is 0.419 e.